The molecule has 0 fully saturated rings. The van der Waals surface area contributed by atoms with Crippen LogP contribution in [0.25, 0.3) is 0 Å². The average molecular weight is 572 g/mol. The quantitative estimate of drug-likeness (QED) is 0.289. The number of hydrogen-bond acceptors (Lipinski definition) is 3. The van der Waals surface area contributed by atoms with Gasteiger partial charge >= 0.3 is 0 Å². The number of rotatable bonds is 9. The SMILES string of the molecule is CC(C)(C)c1ccc(C(Cc2ccc(C(=O)NCC[S@](=O)O)cc2)C(=O)Nc2cccc(Br)c2)cc1. The van der Waals surface area contributed by atoms with Gasteiger partial charge in [0.2, 0.25) is 5.91 Å². The summed E-state index contributed by atoms with van der Waals surface area (Å²) in [6.07, 6.45) is 0.458. The van der Waals surface area contributed by atoms with Gasteiger partial charge in [-0.15, -0.1) is 0 Å². The maximum absolute atomic E-state index is 13.4. The van der Waals surface area contributed by atoms with E-state index in [1.54, 1.807) is 12.1 Å². The fourth-order valence-corrected chi connectivity index (χ4v) is 4.43. The first-order valence-corrected chi connectivity index (χ1v) is 13.7. The molecule has 0 radical (unpaired) electrons. The molecule has 0 aliphatic rings. The molecule has 0 saturated heterocycles. The molecular formula is C28H31BrN2O4S. The summed E-state index contributed by atoms with van der Waals surface area (Å²) in [5.41, 5.74) is 4.19. The molecule has 0 saturated carbocycles. The summed E-state index contributed by atoms with van der Waals surface area (Å²) in [5, 5.41) is 5.65. The number of anilines is 1. The van der Waals surface area contributed by atoms with Crippen molar-refractivity contribution >= 4 is 44.5 Å². The molecule has 0 bridgehead atoms. The second kappa shape index (κ2) is 12.4. The highest BCUT2D eigenvalue weighted by atomic mass is 79.9. The van der Waals surface area contributed by atoms with Crippen LogP contribution in [0, 0.1) is 0 Å². The van der Waals surface area contributed by atoms with Crippen molar-refractivity contribution < 1.29 is 18.4 Å². The Labute approximate surface area is 223 Å². The van der Waals surface area contributed by atoms with Gasteiger partial charge in [0.15, 0.2) is 11.1 Å². The van der Waals surface area contributed by atoms with E-state index in [4.69, 9.17) is 4.55 Å². The van der Waals surface area contributed by atoms with E-state index in [1.807, 2.05) is 48.5 Å². The summed E-state index contributed by atoms with van der Waals surface area (Å²) in [6, 6.07) is 22.7. The zero-order valence-corrected chi connectivity index (χ0v) is 23.0. The molecule has 2 amide bonds. The standard InChI is InChI=1S/C28H31BrN2O4S/c1-28(2,3)22-13-11-20(12-14-22)25(27(33)31-24-6-4-5-23(29)18-24)17-19-7-9-21(10-8-19)26(32)30-15-16-36(34)35/h4-14,18,25H,15-17H2,1-3H3,(H,30,32)(H,31,33)(H,34,35). The summed E-state index contributed by atoms with van der Waals surface area (Å²) in [6.45, 7) is 6.58. The minimum absolute atomic E-state index is 0.00915. The normalized spacial score (nSPS) is 13.0. The average Bonchev–Trinajstić information content (AvgIpc) is 2.82. The molecule has 0 aliphatic heterocycles. The van der Waals surface area contributed by atoms with Crippen molar-refractivity contribution in [2.24, 2.45) is 0 Å². The molecule has 190 valence electrons. The molecule has 2 atom stereocenters. The molecule has 36 heavy (non-hydrogen) atoms. The van der Waals surface area contributed by atoms with Crippen LogP contribution in [0.1, 0.15) is 53.7 Å². The van der Waals surface area contributed by atoms with Crippen molar-refractivity contribution in [3.05, 3.63) is 99.5 Å². The van der Waals surface area contributed by atoms with Crippen LogP contribution in [0.5, 0.6) is 0 Å². The zero-order valence-electron chi connectivity index (χ0n) is 20.6. The molecule has 3 N–H and O–H groups in total. The Kier molecular flexibility index (Phi) is 9.59. The van der Waals surface area contributed by atoms with Crippen LogP contribution >= 0.6 is 15.9 Å². The minimum Gasteiger partial charge on any atom is -0.351 e. The maximum atomic E-state index is 13.4. The van der Waals surface area contributed by atoms with Crippen molar-refractivity contribution in [1.82, 2.24) is 5.32 Å². The second-order valence-corrected chi connectivity index (χ2v) is 11.6. The Bertz CT molecular complexity index is 1220. The molecule has 0 spiro atoms. The highest BCUT2D eigenvalue weighted by molar-refractivity contribution is 9.10. The van der Waals surface area contributed by atoms with Crippen molar-refractivity contribution in [2.45, 2.75) is 38.5 Å². The monoisotopic (exact) mass is 570 g/mol. The molecule has 3 aromatic carbocycles. The highest BCUT2D eigenvalue weighted by Crippen LogP contribution is 2.28. The van der Waals surface area contributed by atoms with Gasteiger partial charge in [0.1, 0.15) is 0 Å². The van der Waals surface area contributed by atoms with E-state index >= 15 is 0 Å². The summed E-state index contributed by atoms with van der Waals surface area (Å²) in [5.74, 6) is -0.881. The maximum Gasteiger partial charge on any atom is 0.251 e. The Morgan fingerprint density at radius 2 is 1.67 bits per heavy atom. The molecule has 3 aromatic rings. The molecular weight excluding hydrogens is 540 g/mol. The van der Waals surface area contributed by atoms with E-state index < -0.39 is 17.0 Å². The number of amides is 2. The number of carbonyl (C=O) groups is 2. The van der Waals surface area contributed by atoms with Gasteiger partial charge in [-0.2, -0.15) is 0 Å². The predicted octanol–water partition coefficient (Wildman–Crippen LogP) is 5.66. The third-order valence-corrected chi connectivity index (χ3v) is 6.85. The first kappa shape index (κ1) is 27.8. The van der Waals surface area contributed by atoms with Crippen LogP contribution in [0.2, 0.25) is 0 Å². The smallest absolute Gasteiger partial charge is 0.251 e. The summed E-state index contributed by atoms with van der Waals surface area (Å²) >= 11 is 1.49. The third kappa shape index (κ3) is 8.11. The topological polar surface area (TPSA) is 95.5 Å². The first-order chi connectivity index (χ1) is 17.0. The fraction of sp³-hybridized carbons (Fsp3) is 0.286. The number of hydrogen-bond donors (Lipinski definition) is 3. The highest BCUT2D eigenvalue weighted by Gasteiger charge is 2.23. The molecule has 0 aromatic heterocycles. The fourth-order valence-electron chi connectivity index (χ4n) is 3.75. The van der Waals surface area contributed by atoms with Crippen molar-refractivity contribution in [2.75, 3.05) is 17.6 Å². The summed E-state index contributed by atoms with van der Waals surface area (Å²) in [7, 11) is 0. The van der Waals surface area contributed by atoms with Gasteiger partial charge in [0.05, 0.1) is 11.7 Å². The molecule has 0 aliphatic carbocycles. The minimum atomic E-state index is -1.95. The van der Waals surface area contributed by atoms with Crippen LogP contribution in [-0.4, -0.2) is 32.9 Å². The zero-order chi connectivity index (χ0) is 26.3. The van der Waals surface area contributed by atoms with Crippen LogP contribution in [0.15, 0.2) is 77.3 Å². The lowest BCUT2D eigenvalue weighted by Crippen LogP contribution is -2.27. The van der Waals surface area contributed by atoms with Gasteiger partial charge in [0.25, 0.3) is 5.91 Å². The lowest BCUT2D eigenvalue weighted by molar-refractivity contribution is -0.117. The Morgan fingerprint density at radius 3 is 2.25 bits per heavy atom. The molecule has 8 heteroatoms. The van der Waals surface area contributed by atoms with Crippen molar-refractivity contribution in [3.8, 4) is 0 Å². The van der Waals surface area contributed by atoms with Gasteiger partial charge in [0, 0.05) is 22.3 Å². The van der Waals surface area contributed by atoms with E-state index in [9.17, 15) is 13.8 Å². The Balaban J connectivity index is 1.81. The van der Waals surface area contributed by atoms with E-state index in [2.05, 4.69) is 59.5 Å². The molecule has 1 unspecified atom stereocenters. The van der Waals surface area contributed by atoms with Gasteiger partial charge < -0.3 is 15.2 Å². The van der Waals surface area contributed by atoms with Gasteiger partial charge in [-0.05, 0) is 58.9 Å². The van der Waals surface area contributed by atoms with Crippen LogP contribution < -0.4 is 10.6 Å². The number of nitrogens with one attached hydrogen (secondary N) is 2. The van der Waals surface area contributed by atoms with E-state index in [0.717, 1.165) is 15.6 Å². The number of halogens is 1. The van der Waals surface area contributed by atoms with Crippen molar-refractivity contribution in [1.29, 1.82) is 0 Å². The second-order valence-electron chi connectivity index (χ2n) is 9.61. The van der Waals surface area contributed by atoms with Crippen LogP contribution in [-0.2, 0) is 27.7 Å². The Hall–Kier alpha value is -2.81. The van der Waals surface area contributed by atoms with E-state index in [-0.39, 0.29) is 29.5 Å². The molecule has 0 heterocycles. The summed E-state index contributed by atoms with van der Waals surface area (Å²) < 4.78 is 20.5. The lowest BCUT2D eigenvalue weighted by Gasteiger charge is -2.22. The van der Waals surface area contributed by atoms with Crippen LogP contribution in [0.4, 0.5) is 5.69 Å². The number of benzene rings is 3. The van der Waals surface area contributed by atoms with Crippen molar-refractivity contribution in [3.63, 3.8) is 0 Å². The van der Waals surface area contributed by atoms with Crippen LogP contribution in [0.3, 0.4) is 0 Å². The predicted molar refractivity (Wildman–Crippen MR) is 149 cm³/mol. The van der Waals surface area contributed by atoms with E-state index in [0.29, 0.717) is 17.7 Å². The van der Waals surface area contributed by atoms with E-state index in [1.165, 1.54) is 5.56 Å². The van der Waals surface area contributed by atoms with Gasteiger partial charge in [-0.25, -0.2) is 4.21 Å². The number of carbonyl (C=O) groups excluding carboxylic acids is 2. The summed E-state index contributed by atoms with van der Waals surface area (Å²) in [4.78, 5) is 25.7. The third-order valence-electron chi connectivity index (χ3n) is 5.81. The largest absolute Gasteiger partial charge is 0.351 e. The first-order valence-electron chi connectivity index (χ1n) is 11.6. The molecule has 3 rings (SSSR count). The lowest BCUT2D eigenvalue weighted by atomic mass is 9.84. The molecule has 6 nitrogen and oxygen atoms in total. The Morgan fingerprint density at radius 1 is 1.00 bits per heavy atom. The van der Waals surface area contributed by atoms with Gasteiger partial charge in [-0.3, -0.25) is 9.59 Å². The van der Waals surface area contributed by atoms with Gasteiger partial charge in [-0.1, -0.05) is 79.2 Å².